The topological polar surface area (TPSA) is 60.9 Å². The molecule has 1 aromatic heterocycles. The summed E-state index contributed by atoms with van der Waals surface area (Å²) in [5.74, 6) is 2.89. The van der Waals surface area contributed by atoms with Crippen LogP contribution in [0.4, 0.5) is 0 Å². The summed E-state index contributed by atoms with van der Waals surface area (Å²) >= 11 is 0. The van der Waals surface area contributed by atoms with Gasteiger partial charge in [0.25, 0.3) is 0 Å². The fraction of sp³-hybridized carbons (Fsp3) is 0.500. The third-order valence-electron chi connectivity index (χ3n) is 4.52. The number of nitrogens with one attached hydrogen (secondary N) is 2. The van der Waals surface area contributed by atoms with E-state index in [-0.39, 0.29) is 5.75 Å². The van der Waals surface area contributed by atoms with E-state index in [4.69, 9.17) is 0 Å². The number of fused-ring (bicyclic) bond motifs is 2. The van der Waals surface area contributed by atoms with E-state index in [9.17, 15) is 5.11 Å². The number of aromatic nitrogens is 2. The summed E-state index contributed by atoms with van der Waals surface area (Å²) in [6, 6.07) is 5.67. The first-order valence-electron chi connectivity index (χ1n) is 6.73. The van der Waals surface area contributed by atoms with E-state index in [1.165, 1.54) is 19.3 Å². The van der Waals surface area contributed by atoms with Gasteiger partial charge in [-0.05, 0) is 43.4 Å². The van der Waals surface area contributed by atoms with Crippen molar-refractivity contribution in [2.24, 2.45) is 11.8 Å². The minimum absolute atomic E-state index is 0.288. The molecular formula is C14H17N3O. The molecule has 18 heavy (non-hydrogen) atoms. The van der Waals surface area contributed by atoms with Gasteiger partial charge in [0.05, 0.1) is 17.1 Å². The molecule has 94 valence electrons. The Kier molecular flexibility index (Phi) is 2.14. The van der Waals surface area contributed by atoms with Gasteiger partial charge in [0.2, 0.25) is 0 Å². The van der Waals surface area contributed by atoms with E-state index in [1.807, 2.05) is 6.07 Å². The van der Waals surface area contributed by atoms with Gasteiger partial charge in [-0.1, -0.05) is 6.42 Å². The van der Waals surface area contributed by atoms with Crippen molar-refractivity contribution in [1.82, 2.24) is 15.3 Å². The molecule has 0 bridgehead atoms. The van der Waals surface area contributed by atoms with E-state index >= 15 is 0 Å². The minimum Gasteiger partial charge on any atom is -0.508 e. The number of H-pyrrole nitrogens is 1. The van der Waals surface area contributed by atoms with E-state index in [2.05, 4.69) is 15.3 Å². The normalized spacial score (nSPS) is 31.0. The molecule has 0 radical (unpaired) electrons. The van der Waals surface area contributed by atoms with Crippen LogP contribution in [0.3, 0.4) is 0 Å². The third-order valence-corrected chi connectivity index (χ3v) is 4.52. The number of aromatic hydroxyl groups is 1. The zero-order valence-electron chi connectivity index (χ0n) is 10.2. The molecule has 1 saturated carbocycles. The van der Waals surface area contributed by atoms with E-state index < -0.39 is 0 Å². The van der Waals surface area contributed by atoms with E-state index in [0.29, 0.717) is 6.04 Å². The molecule has 3 unspecified atom stereocenters. The highest BCUT2D eigenvalue weighted by Crippen LogP contribution is 2.43. The maximum Gasteiger partial charge on any atom is 0.124 e. The van der Waals surface area contributed by atoms with Crippen LogP contribution in [0.1, 0.15) is 31.1 Å². The van der Waals surface area contributed by atoms with Crippen LogP contribution in [0.5, 0.6) is 5.75 Å². The Morgan fingerprint density at radius 1 is 1.28 bits per heavy atom. The molecule has 1 aliphatic carbocycles. The Hall–Kier alpha value is -1.55. The first kappa shape index (κ1) is 10.4. The highest BCUT2D eigenvalue weighted by atomic mass is 16.3. The molecule has 0 spiro atoms. The SMILES string of the molecule is Oc1ccc2nc(C3NCC4CCCC43)[nH]c2c1. The average molecular weight is 243 g/mol. The van der Waals surface area contributed by atoms with Crippen LogP contribution >= 0.6 is 0 Å². The Bertz CT molecular complexity index is 592. The van der Waals surface area contributed by atoms with Crippen molar-refractivity contribution in [2.75, 3.05) is 6.54 Å². The Morgan fingerprint density at radius 3 is 3.17 bits per heavy atom. The van der Waals surface area contributed by atoms with Crippen LogP contribution < -0.4 is 5.32 Å². The molecule has 3 atom stereocenters. The van der Waals surface area contributed by atoms with Crippen molar-refractivity contribution in [1.29, 1.82) is 0 Å². The number of aromatic amines is 1. The van der Waals surface area contributed by atoms with E-state index in [0.717, 1.165) is 35.2 Å². The van der Waals surface area contributed by atoms with Crippen molar-refractivity contribution < 1.29 is 5.11 Å². The zero-order chi connectivity index (χ0) is 12.1. The second kappa shape index (κ2) is 3.72. The summed E-state index contributed by atoms with van der Waals surface area (Å²) in [6.07, 6.45) is 4.02. The molecule has 1 aliphatic heterocycles. The van der Waals surface area contributed by atoms with E-state index in [1.54, 1.807) is 12.1 Å². The number of phenolic OH excluding ortho intramolecular Hbond substituents is 1. The van der Waals surface area contributed by atoms with Gasteiger partial charge in [-0.15, -0.1) is 0 Å². The lowest BCUT2D eigenvalue weighted by atomic mass is 9.94. The Balaban J connectivity index is 1.74. The standard InChI is InChI=1S/C14H17N3O/c18-9-4-5-11-12(6-9)17-14(16-11)13-10-3-1-2-8(10)7-15-13/h4-6,8,10,13,15,18H,1-3,7H2,(H,16,17). The van der Waals surface area contributed by atoms with Gasteiger partial charge in [0, 0.05) is 6.07 Å². The molecule has 4 nitrogen and oxygen atoms in total. The molecule has 0 amide bonds. The van der Waals surface area contributed by atoms with Gasteiger partial charge < -0.3 is 15.4 Å². The number of nitrogens with zero attached hydrogens (tertiary/aromatic N) is 1. The minimum atomic E-state index is 0.288. The molecule has 1 aromatic carbocycles. The highest BCUT2D eigenvalue weighted by molar-refractivity contribution is 5.76. The van der Waals surface area contributed by atoms with Gasteiger partial charge in [0.1, 0.15) is 11.6 Å². The predicted octanol–water partition coefficient (Wildman–Crippen LogP) is 2.33. The van der Waals surface area contributed by atoms with Crippen LogP contribution in [0, 0.1) is 11.8 Å². The first-order valence-corrected chi connectivity index (χ1v) is 6.73. The second-order valence-corrected chi connectivity index (χ2v) is 5.56. The maximum absolute atomic E-state index is 9.49. The summed E-state index contributed by atoms with van der Waals surface area (Å²) in [6.45, 7) is 1.12. The fourth-order valence-corrected chi connectivity index (χ4v) is 3.65. The predicted molar refractivity (Wildman–Crippen MR) is 69.3 cm³/mol. The van der Waals surface area contributed by atoms with Crippen LogP contribution in [-0.2, 0) is 0 Å². The third kappa shape index (κ3) is 1.45. The van der Waals surface area contributed by atoms with Gasteiger partial charge in [-0.2, -0.15) is 0 Å². The molecule has 2 fully saturated rings. The largest absolute Gasteiger partial charge is 0.508 e. The van der Waals surface area contributed by atoms with Crippen molar-refractivity contribution in [3.8, 4) is 5.75 Å². The number of rotatable bonds is 1. The monoisotopic (exact) mass is 243 g/mol. The van der Waals surface area contributed by atoms with Crippen molar-refractivity contribution in [3.05, 3.63) is 24.0 Å². The summed E-state index contributed by atoms with van der Waals surface area (Å²) in [5, 5.41) is 13.1. The summed E-state index contributed by atoms with van der Waals surface area (Å²) in [4.78, 5) is 8.02. The summed E-state index contributed by atoms with van der Waals surface area (Å²) in [5.41, 5.74) is 1.86. The van der Waals surface area contributed by atoms with Gasteiger partial charge >= 0.3 is 0 Å². The van der Waals surface area contributed by atoms with Crippen LogP contribution in [0.15, 0.2) is 18.2 Å². The molecule has 2 aliphatic rings. The molecule has 2 aromatic rings. The molecule has 4 heteroatoms. The molecule has 4 rings (SSSR count). The quantitative estimate of drug-likeness (QED) is 0.720. The van der Waals surface area contributed by atoms with Gasteiger partial charge in [0.15, 0.2) is 0 Å². The zero-order valence-corrected chi connectivity index (χ0v) is 10.2. The summed E-state index contributed by atoms with van der Waals surface area (Å²) < 4.78 is 0. The number of phenols is 1. The lowest BCUT2D eigenvalue weighted by molar-refractivity contribution is 0.410. The van der Waals surface area contributed by atoms with Crippen LogP contribution in [0.2, 0.25) is 0 Å². The van der Waals surface area contributed by atoms with Gasteiger partial charge in [-0.25, -0.2) is 4.98 Å². The summed E-state index contributed by atoms with van der Waals surface area (Å²) in [7, 11) is 0. The van der Waals surface area contributed by atoms with Crippen molar-refractivity contribution >= 4 is 11.0 Å². The second-order valence-electron chi connectivity index (χ2n) is 5.56. The number of imidazole rings is 1. The maximum atomic E-state index is 9.49. The number of hydrogen-bond donors (Lipinski definition) is 3. The average Bonchev–Trinajstić information content (AvgIpc) is 3.00. The Morgan fingerprint density at radius 2 is 2.22 bits per heavy atom. The molecule has 2 heterocycles. The molecule has 3 N–H and O–H groups in total. The van der Waals surface area contributed by atoms with Crippen molar-refractivity contribution in [3.63, 3.8) is 0 Å². The smallest absolute Gasteiger partial charge is 0.124 e. The van der Waals surface area contributed by atoms with Crippen LogP contribution in [-0.4, -0.2) is 21.6 Å². The van der Waals surface area contributed by atoms with Gasteiger partial charge in [-0.3, -0.25) is 0 Å². The number of benzene rings is 1. The highest BCUT2D eigenvalue weighted by Gasteiger charge is 2.40. The van der Waals surface area contributed by atoms with Crippen LogP contribution in [0.25, 0.3) is 11.0 Å². The Labute approximate surface area is 105 Å². The molecule has 1 saturated heterocycles. The fourth-order valence-electron chi connectivity index (χ4n) is 3.65. The lowest BCUT2D eigenvalue weighted by Gasteiger charge is -2.15. The number of hydrogen-bond acceptors (Lipinski definition) is 3. The lowest BCUT2D eigenvalue weighted by Crippen LogP contribution is -2.18. The van der Waals surface area contributed by atoms with Crippen molar-refractivity contribution in [2.45, 2.75) is 25.3 Å². The molecular weight excluding hydrogens is 226 g/mol. The first-order chi connectivity index (χ1) is 8.81.